The van der Waals surface area contributed by atoms with Crippen LogP contribution in [-0.2, 0) is 9.53 Å². The smallest absolute Gasteiger partial charge is 0.411 e. The second-order valence-corrected chi connectivity index (χ2v) is 4.63. The molecule has 0 saturated carbocycles. The topological polar surface area (TPSA) is 64.6 Å². The largest absolute Gasteiger partial charge is 0.450 e. The Hall–Kier alpha value is -2.27. The number of rotatable bonds is 3. The average molecular weight is 308 g/mol. The molecule has 6 heteroatoms. The summed E-state index contributed by atoms with van der Waals surface area (Å²) in [4.78, 5) is 22.4. The molecule has 0 atom stereocenters. The van der Waals surface area contributed by atoms with Gasteiger partial charge in [0, 0.05) is 12.3 Å². The summed E-state index contributed by atoms with van der Waals surface area (Å²) >= 11 is 6.27. The highest BCUT2D eigenvalue weighted by Gasteiger charge is 2.10. The number of carbonyl (C=O) groups excluding carboxylic acids is 2. The van der Waals surface area contributed by atoms with Crippen molar-refractivity contribution in [2.75, 3.05) is 11.9 Å². The van der Waals surface area contributed by atoms with Gasteiger partial charge in [-0.25, -0.2) is 4.79 Å². The van der Waals surface area contributed by atoms with Crippen molar-refractivity contribution in [3.63, 3.8) is 0 Å². The molecule has 2 aromatic rings. The van der Waals surface area contributed by atoms with E-state index in [4.69, 9.17) is 21.1 Å². The molecule has 0 aliphatic heterocycles. The minimum atomic E-state index is -0.560. The van der Waals surface area contributed by atoms with Crippen molar-refractivity contribution in [1.29, 1.82) is 0 Å². The SMILES string of the molecule is CCOC(=O)Nc1ccc2cc(OC(C)=O)ccc2c1Cl. The standard InChI is InChI=1S/C15H14ClNO4/c1-3-20-15(19)17-13-7-4-10-8-11(21-9(2)18)5-6-12(10)14(13)16/h4-8H,3H2,1-2H3,(H,17,19). The first kappa shape index (κ1) is 15.1. The van der Waals surface area contributed by atoms with Gasteiger partial charge in [0.1, 0.15) is 5.75 Å². The summed E-state index contributed by atoms with van der Waals surface area (Å²) in [5, 5.41) is 4.51. The molecular formula is C15H14ClNO4. The Morgan fingerprint density at radius 1 is 1.24 bits per heavy atom. The lowest BCUT2D eigenvalue weighted by Gasteiger charge is -2.10. The fraction of sp³-hybridized carbons (Fsp3) is 0.200. The molecule has 0 aliphatic rings. The van der Waals surface area contributed by atoms with E-state index in [1.165, 1.54) is 6.92 Å². The van der Waals surface area contributed by atoms with Crippen LogP contribution in [0.4, 0.5) is 10.5 Å². The van der Waals surface area contributed by atoms with Crippen LogP contribution >= 0.6 is 11.6 Å². The third kappa shape index (κ3) is 3.64. The van der Waals surface area contributed by atoms with Gasteiger partial charge in [-0.2, -0.15) is 0 Å². The summed E-state index contributed by atoms with van der Waals surface area (Å²) in [6, 6.07) is 8.52. The maximum atomic E-state index is 11.4. The number of halogens is 1. The van der Waals surface area contributed by atoms with Crippen LogP contribution in [0.3, 0.4) is 0 Å². The molecule has 0 spiro atoms. The molecule has 1 N–H and O–H groups in total. The van der Waals surface area contributed by atoms with Crippen molar-refractivity contribution in [2.24, 2.45) is 0 Å². The van der Waals surface area contributed by atoms with Crippen molar-refractivity contribution in [1.82, 2.24) is 0 Å². The van der Waals surface area contributed by atoms with Gasteiger partial charge in [0.05, 0.1) is 17.3 Å². The molecule has 0 heterocycles. The Kier molecular flexibility index (Phi) is 4.65. The van der Waals surface area contributed by atoms with E-state index in [1.807, 2.05) is 0 Å². The zero-order valence-electron chi connectivity index (χ0n) is 11.6. The van der Waals surface area contributed by atoms with Crippen LogP contribution in [0.25, 0.3) is 10.8 Å². The molecule has 0 aromatic heterocycles. The Morgan fingerprint density at radius 3 is 2.67 bits per heavy atom. The van der Waals surface area contributed by atoms with Crippen molar-refractivity contribution >= 4 is 40.1 Å². The molecule has 5 nitrogen and oxygen atoms in total. The van der Waals surface area contributed by atoms with Gasteiger partial charge in [-0.05, 0) is 36.6 Å². The predicted molar refractivity (Wildman–Crippen MR) is 80.9 cm³/mol. The maximum Gasteiger partial charge on any atom is 0.411 e. The lowest BCUT2D eigenvalue weighted by molar-refractivity contribution is -0.131. The molecule has 0 saturated heterocycles. The van der Waals surface area contributed by atoms with Crippen LogP contribution < -0.4 is 10.1 Å². The van der Waals surface area contributed by atoms with E-state index >= 15 is 0 Å². The van der Waals surface area contributed by atoms with Gasteiger partial charge in [0.25, 0.3) is 0 Å². The Bertz CT molecular complexity index is 699. The Morgan fingerprint density at radius 2 is 2.00 bits per heavy atom. The number of benzene rings is 2. The highest BCUT2D eigenvalue weighted by Crippen LogP contribution is 2.33. The molecule has 0 bridgehead atoms. The molecule has 2 rings (SSSR count). The van der Waals surface area contributed by atoms with E-state index in [-0.39, 0.29) is 12.6 Å². The van der Waals surface area contributed by atoms with E-state index in [2.05, 4.69) is 5.32 Å². The maximum absolute atomic E-state index is 11.4. The minimum Gasteiger partial charge on any atom is -0.450 e. The van der Waals surface area contributed by atoms with Gasteiger partial charge in [-0.3, -0.25) is 10.1 Å². The molecular weight excluding hydrogens is 294 g/mol. The van der Waals surface area contributed by atoms with Gasteiger partial charge in [-0.15, -0.1) is 0 Å². The third-order valence-corrected chi connectivity index (χ3v) is 3.11. The zero-order chi connectivity index (χ0) is 15.4. The number of hydrogen-bond acceptors (Lipinski definition) is 4. The Labute approximate surface area is 126 Å². The van der Waals surface area contributed by atoms with E-state index in [0.29, 0.717) is 16.5 Å². The van der Waals surface area contributed by atoms with Crippen LogP contribution in [0.5, 0.6) is 5.75 Å². The molecule has 0 unspecified atom stereocenters. The van der Waals surface area contributed by atoms with E-state index < -0.39 is 6.09 Å². The van der Waals surface area contributed by atoms with E-state index in [1.54, 1.807) is 37.3 Å². The molecule has 0 aliphatic carbocycles. The van der Waals surface area contributed by atoms with Crippen molar-refractivity contribution in [2.45, 2.75) is 13.8 Å². The van der Waals surface area contributed by atoms with Crippen molar-refractivity contribution < 1.29 is 19.1 Å². The monoisotopic (exact) mass is 307 g/mol. The summed E-state index contributed by atoms with van der Waals surface area (Å²) in [7, 11) is 0. The average Bonchev–Trinajstić information content (AvgIpc) is 2.41. The second-order valence-electron chi connectivity index (χ2n) is 4.25. The zero-order valence-corrected chi connectivity index (χ0v) is 12.4. The van der Waals surface area contributed by atoms with Crippen LogP contribution in [-0.4, -0.2) is 18.7 Å². The fourth-order valence-electron chi connectivity index (χ4n) is 1.87. The van der Waals surface area contributed by atoms with Gasteiger partial charge in [0.2, 0.25) is 0 Å². The van der Waals surface area contributed by atoms with Gasteiger partial charge in [-0.1, -0.05) is 17.7 Å². The number of fused-ring (bicyclic) bond motifs is 1. The number of hydrogen-bond donors (Lipinski definition) is 1. The predicted octanol–water partition coefficient (Wildman–Crippen LogP) is 3.99. The van der Waals surface area contributed by atoms with Gasteiger partial charge >= 0.3 is 12.1 Å². The van der Waals surface area contributed by atoms with Crippen LogP contribution in [0, 0.1) is 0 Å². The van der Waals surface area contributed by atoms with Crippen molar-refractivity contribution in [3.8, 4) is 5.75 Å². The number of anilines is 1. The molecule has 1 amide bonds. The second kappa shape index (κ2) is 6.45. The first-order valence-corrected chi connectivity index (χ1v) is 6.73. The number of carbonyl (C=O) groups is 2. The number of esters is 1. The summed E-state index contributed by atoms with van der Waals surface area (Å²) in [5.41, 5.74) is 0.461. The lowest BCUT2D eigenvalue weighted by Crippen LogP contribution is -2.13. The van der Waals surface area contributed by atoms with Crippen molar-refractivity contribution in [3.05, 3.63) is 35.4 Å². The first-order valence-electron chi connectivity index (χ1n) is 6.35. The molecule has 2 aromatic carbocycles. The molecule has 21 heavy (non-hydrogen) atoms. The third-order valence-electron chi connectivity index (χ3n) is 2.70. The van der Waals surface area contributed by atoms with Crippen LogP contribution in [0.15, 0.2) is 30.3 Å². The number of ether oxygens (including phenoxy) is 2. The van der Waals surface area contributed by atoms with Gasteiger partial charge < -0.3 is 9.47 Å². The highest BCUT2D eigenvalue weighted by molar-refractivity contribution is 6.38. The van der Waals surface area contributed by atoms with E-state index in [0.717, 1.165) is 10.8 Å². The minimum absolute atomic E-state index is 0.281. The summed E-state index contributed by atoms with van der Waals surface area (Å²) in [6.07, 6.45) is -0.560. The van der Waals surface area contributed by atoms with Crippen LogP contribution in [0.1, 0.15) is 13.8 Å². The highest BCUT2D eigenvalue weighted by atomic mass is 35.5. The summed E-state index contributed by atoms with van der Waals surface area (Å²) < 4.78 is 9.83. The van der Waals surface area contributed by atoms with E-state index in [9.17, 15) is 9.59 Å². The molecule has 110 valence electrons. The number of nitrogens with one attached hydrogen (secondary N) is 1. The number of amides is 1. The lowest BCUT2D eigenvalue weighted by atomic mass is 10.1. The summed E-state index contributed by atoms with van der Waals surface area (Å²) in [5.74, 6) is 0.0539. The molecule has 0 fully saturated rings. The first-order chi connectivity index (χ1) is 10.0. The van der Waals surface area contributed by atoms with Crippen LogP contribution in [0.2, 0.25) is 5.02 Å². The summed E-state index contributed by atoms with van der Waals surface area (Å²) in [6.45, 7) is 3.34. The van der Waals surface area contributed by atoms with Gasteiger partial charge in [0.15, 0.2) is 0 Å². The molecule has 0 radical (unpaired) electrons. The normalized spacial score (nSPS) is 10.2. The Balaban J connectivity index is 2.34. The quantitative estimate of drug-likeness (QED) is 0.688. The fourth-order valence-corrected chi connectivity index (χ4v) is 2.16.